The highest BCUT2D eigenvalue weighted by Crippen LogP contribution is 2.34. The van der Waals surface area contributed by atoms with E-state index in [0.29, 0.717) is 17.6 Å². The van der Waals surface area contributed by atoms with Gasteiger partial charge in [-0.1, -0.05) is 24.6 Å². The highest BCUT2D eigenvalue weighted by Gasteiger charge is 2.37. The van der Waals surface area contributed by atoms with Crippen molar-refractivity contribution < 1.29 is 8.42 Å². The maximum Gasteiger partial charge on any atom is 0.244 e. The lowest BCUT2D eigenvalue weighted by molar-refractivity contribution is 0.192. The summed E-state index contributed by atoms with van der Waals surface area (Å²) in [5.41, 5.74) is 5.78. The smallest absolute Gasteiger partial charge is 0.244 e. The van der Waals surface area contributed by atoms with E-state index in [2.05, 4.69) is 15.9 Å². The highest BCUT2D eigenvalue weighted by molar-refractivity contribution is 9.10. The van der Waals surface area contributed by atoms with Gasteiger partial charge in [-0.3, -0.25) is 0 Å². The van der Waals surface area contributed by atoms with Crippen LogP contribution >= 0.6 is 39.9 Å². The fraction of sp³-hybridized carbons (Fsp3) is 0.538. The molecule has 0 spiro atoms. The summed E-state index contributed by atoms with van der Waals surface area (Å²) in [5, 5.41) is 0.224. The Bertz CT molecular complexity index is 598. The first kappa shape index (κ1) is 19.2. The molecule has 0 bridgehead atoms. The molecule has 2 N–H and O–H groups in total. The van der Waals surface area contributed by atoms with Gasteiger partial charge in [-0.2, -0.15) is 4.31 Å². The van der Waals surface area contributed by atoms with Crippen molar-refractivity contribution in [2.24, 2.45) is 11.7 Å². The highest BCUT2D eigenvalue weighted by atomic mass is 79.9. The third-order valence-electron chi connectivity index (χ3n) is 3.81. The fourth-order valence-electron chi connectivity index (χ4n) is 2.67. The Labute approximate surface area is 145 Å². The second kappa shape index (κ2) is 7.62. The van der Waals surface area contributed by atoms with Crippen LogP contribution in [0, 0.1) is 5.92 Å². The molecule has 1 aromatic rings. The first-order chi connectivity index (χ1) is 9.39. The van der Waals surface area contributed by atoms with Crippen LogP contribution in [0.15, 0.2) is 27.6 Å². The molecule has 1 aliphatic heterocycles. The molecule has 21 heavy (non-hydrogen) atoms. The second-order valence-corrected chi connectivity index (χ2v) is 8.18. The quantitative estimate of drug-likeness (QED) is 0.820. The third kappa shape index (κ3) is 3.74. The van der Waals surface area contributed by atoms with Crippen molar-refractivity contribution in [2.45, 2.75) is 30.7 Å². The van der Waals surface area contributed by atoms with E-state index in [0.717, 1.165) is 12.8 Å². The molecule has 2 unspecified atom stereocenters. The predicted octanol–water partition coefficient (Wildman–Crippen LogP) is 3.27. The molecule has 120 valence electrons. The molecule has 2 atom stereocenters. The second-order valence-electron chi connectivity index (χ2n) is 5.09. The summed E-state index contributed by atoms with van der Waals surface area (Å²) < 4.78 is 27.8. The van der Waals surface area contributed by atoms with E-state index in [1.54, 1.807) is 12.1 Å². The molecule has 0 amide bonds. The van der Waals surface area contributed by atoms with Gasteiger partial charge in [-0.05, 0) is 46.8 Å². The summed E-state index contributed by atoms with van der Waals surface area (Å²) in [5.74, 6) is 0.259. The monoisotopic (exact) mass is 416 g/mol. The lowest BCUT2D eigenvalue weighted by Gasteiger charge is -2.38. The molecule has 1 aromatic carbocycles. The maximum atomic E-state index is 12.8. The Hall–Kier alpha value is 0.150. The zero-order valence-electron chi connectivity index (χ0n) is 11.6. The number of nitrogens with two attached hydrogens (primary N) is 1. The largest absolute Gasteiger partial charge is 0.329 e. The number of hydrogen-bond donors (Lipinski definition) is 1. The number of sulfonamides is 1. The standard InChI is InChI=1S/C13H18BrClN2O2S.ClH/c1-9-4-3-7-17(11(9)8-16)20(18,19)12-6-2-5-10(14)13(12)15;/h2,5-6,9,11H,3-4,7-8,16H2,1H3;1H. The lowest BCUT2D eigenvalue weighted by atomic mass is 9.93. The molecule has 0 aromatic heterocycles. The van der Waals surface area contributed by atoms with E-state index in [4.69, 9.17) is 17.3 Å². The van der Waals surface area contributed by atoms with E-state index in [-0.39, 0.29) is 34.3 Å². The summed E-state index contributed by atoms with van der Waals surface area (Å²) in [4.78, 5) is 0.140. The first-order valence-corrected chi connectivity index (χ1v) is 9.16. The van der Waals surface area contributed by atoms with Gasteiger partial charge >= 0.3 is 0 Å². The van der Waals surface area contributed by atoms with Crippen molar-refractivity contribution in [3.63, 3.8) is 0 Å². The number of halogens is 3. The topological polar surface area (TPSA) is 63.4 Å². The summed E-state index contributed by atoms with van der Waals surface area (Å²) in [6, 6.07) is 4.77. The number of rotatable bonds is 3. The van der Waals surface area contributed by atoms with Crippen LogP contribution in [-0.2, 0) is 10.0 Å². The van der Waals surface area contributed by atoms with E-state index >= 15 is 0 Å². The van der Waals surface area contributed by atoms with Crippen LogP contribution in [0.3, 0.4) is 0 Å². The molecule has 0 aliphatic carbocycles. The minimum Gasteiger partial charge on any atom is -0.329 e. The van der Waals surface area contributed by atoms with Crippen LogP contribution in [0.5, 0.6) is 0 Å². The van der Waals surface area contributed by atoms with Crippen LogP contribution in [0.2, 0.25) is 5.02 Å². The van der Waals surface area contributed by atoms with E-state index in [1.807, 2.05) is 6.92 Å². The van der Waals surface area contributed by atoms with Gasteiger partial charge in [0, 0.05) is 23.6 Å². The zero-order valence-corrected chi connectivity index (χ0v) is 15.6. The van der Waals surface area contributed by atoms with Gasteiger partial charge in [0.2, 0.25) is 10.0 Å². The van der Waals surface area contributed by atoms with Crippen LogP contribution in [-0.4, -0.2) is 31.9 Å². The molecule has 8 heteroatoms. The molecular formula is C13H19BrCl2N2O2S. The molecule has 1 aliphatic rings. The van der Waals surface area contributed by atoms with Crippen molar-refractivity contribution in [1.29, 1.82) is 0 Å². The Morgan fingerprint density at radius 3 is 2.76 bits per heavy atom. The zero-order chi connectivity index (χ0) is 14.9. The first-order valence-electron chi connectivity index (χ1n) is 6.55. The number of piperidine rings is 1. The number of benzene rings is 1. The predicted molar refractivity (Wildman–Crippen MR) is 91.5 cm³/mol. The molecule has 1 saturated heterocycles. The molecule has 2 rings (SSSR count). The van der Waals surface area contributed by atoms with Gasteiger partial charge in [-0.25, -0.2) is 8.42 Å². The maximum absolute atomic E-state index is 12.8. The molecular weight excluding hydrogens is 399 g/mol. The minimum absolute atomic E-state index is 0. The van der Waals surface area contributed by atoms with Crippen molar-refractivity contribution in [3.05, 3.63) is 27.7 Å². The average Bonchev–Trinajstić information content (AvgIpc) is 2.41. The van der Waals surface area contributed by atoms with Gasteiger partial charge in [0.25, 0.3) is 0 Å². The Morgan fingerprint density at radius 1 is 1.48 bits per heavy atom. The molecule has 4 nitrogen and oxygen atoms in total. The SMILES string of the molecule is CC1CCCN(S(=O)(=O)c2cccc(Br)c2Cl)C1CN.Cl. The molecule has 1 heterocycles. The van der Waals surface area contributed by atoms with E-state index in [9.17, 15) is 8.42 Å². The van der Waals surface area contributed by atoms with Crippen molar-refractivity contribution in [3.8, 4) is 0 Å². The van der Waals surface area contributed by atoms with E-state index in [1.165, 1.54) is 10.4 Å². The normalized spacial score (nSPS) is 23.6. The Morgan fingerprint density at radius 2 is 2.14 bits per heavy atom. The minimum atomic E-state index is -3.62. The third-order valence-corrected chi connectivity index (χ3v) is 7.18. The van der Waals surface area contributed by atoms with Crippen LogP contribution in [0.1, 0.15) is 19.8 Å². The van der Waals surface area contributed by atoms with Gasteiger partial charge < -0.3 is 5.73 Å². The van der Waals surface area contributed by atoms with Gasteiger partial charge in [0.05, 0.1) is 5.02 Å². The number of hydrogen-bond acceptors (Lipinski definition) is 3. The summed E-state index contributed by atoms with van der Waals surface area (Å²) >= 11 is 9.41. The Balaban J connectivity index is 0.00000220. The van der Waals surface area contributed by atoms with Gasteiger partial charge in [0.1, 0.15) is 4.90 Å². The Kier molecular flexibility index (Phi) is 6.96. The average molecular weight is 418 g/mol. The fourth-order valence-corrected chi connectivity index (χ4v) is 5.44. The van der Waals surface area contributed by atoms with Crippen LogP contribution in [0.25, 0.3) is 0 Å². The summed E-state index contributed by atoms with van der Waals surface area (Å²) in [7, 11) is -3.62. The van der Waals surface area contributed by atoms with Crippen molar-refractivity contribution in [2.75, 3.05) is 13.1 Å². The number of nitrogens with zero attached hydrogens (tertiary/aromatic N) is 1. The molecule has 0 radical (unpaired) electrons. The van der Waals surface area contributed by atoms with Crippen LogP contribution in [0.4, 0.5) is 0 Å². The van der Waals surface area contributed by atoms with Crippen molar-refractivity contribution >= 4 is 50.0 Å². The van der Waals surface area contributed by atoms with Crippen LogP contribution < -0.4 is 5.73 Å². The van der Waals surface area contributed by atoms with Crippen molar-refractivity contribution in [1.82, 2.24) is 4.31 Å². The molecule has 1 fully saturated rings. The summed E-state index contributed by atoms with van der Waals surface area (Å²) in [6.45, 7) is 2.87. The summed E-state index contributed by atoms with van der Waals surface area (Å²) in [6.07, 6.45) is 1.85. The van der Waals surface area contributed by atoms with Gasteiger partial charge in [0.15, 0.2) is 0 Å². The van der Waals surface area contributed by atoms with E-state index < -0.39 is 10.0 Å². The lowest BCUT2D eigenvalue weighted by Crippen LogP contribution is -2.51. The van der Waals surface area contributed by atoms with Gasteiger partial charge in [-0.15, -0.1) is 12.4 Å². The molecule has 0 saturated carbocycles.